The summed E-state index contributed by atoms with van der Waals surface area (Å²) in [5.74, 6) is -0.338. The standard InChI is InChI=1S/C21H21FN4O4/c1-13-3-5-15(6-4-13)21-26-24-19(30-21)12-11-18(27)23-25-20(28)14(2)29-17-9-7-16(22)8-10-17/h3-10,14H,11-12H2,1-2H3,(H,23,27)(H,25,28)/t14-/m1/s1. The molecule has 0 unspecified atom stereocenters. The topological polar surface area (TPSA) is 106 Å². The Morgan fingerprint density at radius 1 is 1.07 bits per heavy atom. The van der Waals surface area contributed by atoms with E-state index >= 15 is 0 Å². The van der Waals surface area contributed by atoms with Crippen LogP contribution in [0.4, 0.5) is 4.39 Å². The lowest BCUT2D eigenvalue weighted by molar-refractivity contribution is -0.132. The number of aromatic nitrogens is 2. The lowest BCUT2D eigenvalue weighted by Crippen LogP contribution is -2.47. The second-order valence-corrected chi connectivity index (χ2v) is 6.62. The van der Waals surface area contributed by atoms with E-state index in [9.17, 15) is 14.0 Å². The third kappa shape index (κ3) is 5.87. The molecule has 0 spiro atoms. The van der Waals surface area contributed by atoms with Crippen LogP contribution in [0.3, 0.4) is 0 Å². The molecule has 2 amide bonds. The molecule has 0 radical (unpaired) electrons. The summed E-state index contributed by atoms with van der Waals surface area (Å²) >= 11 is 0. The van der Waals surface area contributed by atoms with E-state index in [1.54, 1.807) is 0 Å². The Bertz CT molecular complexity index is 1000. The summed E-state index contributed by atoms with van der Waals surface area (Å²) in [5.41, 5.74) is 6.50. The predicted molar refractivity (Wildman–Crippen MR) is 106 cm³/mol. The normalized spacial score (nSPS) is 11.6. The number of amides is 2. The Kier molecular flexibility index (Phi) is 6.74. The second-order valence-electron chi connectivity index (χ2n) is 6.62. The molecule has 0 bridgehead atoms. The van der Waals surface area contributed by atoms with E-state index in [1.165, 1.54) is 31.2 Å². The van der Waals surface area contributed by atoms with Gasteiger partial charge >= 0.3 is 0 Å². The van der Waals surface area contributed by atoms with Gasteiger partial charge in [0.05, 0.1) is 0 Å². The first kappa shape index (κ1) is 21.0. The molecule has 0 saturated carbocycles. The zero-order valence-electron chi connectivity index (χ0n) is 16.5. The fraction of sp³-hybridized carbons (Fsp3) is 0.238. The van der Waals surface area contributed by atoms with E-state index < -0.39 is 23.7 Å². The van der Waals surface area contributed by atoms with Gasteiger partial charge in [0.25, 0.3) is 5.91 Å². The van der Waals surface area contributed by atoms with Crippen LogP contribution >= 0.6 is 0 Å². The summed E-state index contributed by atoms with van der Waals surface area (Å²) in [6, 6.07) is 12.9. The van der Waals surface area contributed by atoms with Crippen molar-refractivity contribution in [1.29, 1.82) is 0 Å². The monoisotopic (exact) mass is 412 g/mol. The summed E-state index contributed by atoms with van der Waals surface area (Å²) in [6.45, 7) is 3.49. The van der Waals surface area contributed by atoms with Crippen molar-refractivity contribution in [2.24, 2.45) is 0 Å². The summed E-state index contributed by atoms with van der Waals surface area (Å²) in [6.07, 6.45) is -0.616. The molecule has 2 aromatic carbocycles. The van der Waals surface area contributed by atoms with Crippen molar-refractivity contribution < 1.29 is 23.1 Å². The van der Waals surface area contributed by atoms with E-state index in [0.29, 0.717) is 17.5 Å². The minimum Gasteiger partial charge on any atom is -0.481 e. The molecule has 156 valence electrons. The quantitative estimate of drug-likeness (QED) is 0.578. The minimum atomic E-state index is -0.885. The molecule has 0 aliphatic rings. The smallest absolute Gasteiger partial charge is 0.279 e. The van der Waals surface area contributed by atoms with Gasteiger partial charge in [-0.15, -0.1) is 10.2 Å². The third-order valence-electron chi connectivity index (χ3n) is 4.15. The number of rotatable bonds is 7. The van der Waals surface area contributed by atoms with Gasteiger partial charge in [-0.3, -0.25) is 20.4 Å². The maximum absolute atomic E-state index is 12.9. The number of aryl methyl sites for hydroxylation is 2. The van der Waals surface area contributed by atoms with Crippen molar-refractivity contribution in [3.05, 3.63) is 65.8 Å². The molecular formula is C21H21FN4O4. The van der Waals surface area contributed by atoms with Crippen molar-refractivity contribution in [2.75, 3.05) is 0 Å². The lowest BCUT2D eigenvalue weighted by Gasteiger charge is -2.15. The summed E-state index contributed by atoms with van der Waals surface area (Å²) in [4.78, 5) is 24.0. The molecule has 1 aromatic heterocycles. The highest BCUT2D eigenvalue weighted by atomic mass is 19.1. The molecule has 30 heavy (non-hydrogen) atoms. The highest BCUT2D eigenvalue weighted by Crippen LogP contribution is 2.18. The van der Waals surface area contributed by atoms with Crippen LogP contribution in [0.2, 0.25) is 0 Å². The summed E-state index contributed by atoms with van der Waals surface area (Å²) in [5, 5.41) is 7.91. The van der Waals surface area contributed by atoms with E-state index in [2.05, 4.69) is 21.0 Å². The number of carbonyl (C=O) groups excluding carboxylic acids is 2. The predicted octanol–water partition coefficient (Wildman–Crippen LogP) is 2.73. The van der Waals surface area contributed by atoms with Gasteiger partial charge in [-0.1, -0.05) is 17.7 Å². The Morgan fingerprint density at radius 2 is 1.77 bits per heavy atom. The van der Waals surface area contributed by atoms with Gasteiger partial charge in [-0.2, -0.15) is 0 Å². The molecule has 8 nitrogen and oxygen atoms in total. The number of ether oxygens (including phenoxy) is 1. The molecule has 0 aliphatic heterocycles. The van der Waals surface area contributed by atoms with Gasteiger partial charge < -0.3 is 9.15 Å². The highest BCUT2D eigenvalue weighted by molar-refractivity contribution is 5.84. The third-order valence-corrected chi connectivity index (χ3v) is 4.15. The number of hydrogen-bond donors (Lipinski definition) is 2. The fourth-order valence-electron chi connectivity index (χ4n) is 2.45. The summed E-state index contributed by atoms with van der Waals surface area (Å²) in [7, 11) is 0. The number of halogens is 1. The highest BCUT2D eigenvalue weighted by Gasteiger charge is 2.16. The van der Waals surface area contributed by atoms with Crippen molar-refractivity contribution in [2.45, 2.75) is 32.8 Å². The first-order chi connectivity index (χ1) is 14.4. The Morgan fingerprint density at radius 3 is 2.47 bits per heavy atom. The molecule has 0 fully saturated rings. The van der Waals surface area contributed by atoms with Crippen molar-refractivity contribution in [3.63, 3.8) is 0 Å². The van der Waals surface area contributed by atoms with Crippen LogP contribution in [0.5, 0.6) is 5.75 Å². The first-order valence-electron chi connectivity index (χ1n) is 9.31. The van der Waals surface area contributed by atoms with Crippen LogP contribution < -0.4 is 15.6 Å². The molecule has 1 atom stereocenters. The van der Waals surface area contributed by atoms with Crippen LogP contribution in [0.1, 0.15) is 24.8 Å². The van der Waals surface area contributed by atoms with Gasteiger partial charge in [-0.05, 0) is 50.2 Å². The molecule has 0 aliphatic carbocycles. The average Bonchev–Trinajstić information content (AvgIpc) is 3.21. The van der Waals surface area contributed by atoms with E-state index in [4.69, 9.17) is 9.15 Å². The SMILES string of the molecule is Cc1ccc(-c2nnc(CCC(=O)NNC(=O)[C@@H](C)Oc3ccc(F)cc3)o2)cc1. The van der Waals surface area contributed by atoms with Gasteiger partial charge in [0.1, 0.15) is 11.6 Å². The van der Waals surface area contributed by atoms with Crippen molar-refractivity contribution >= 4 is 11.8 Å². The number of nitrogens with zero attached hydrogens (tertiary/aromatic N) is 2. The molecule has 0 saturated heterocycles. The molecule has 3 rings (SSSR count). The molecule has 3 aromatic rings. The van der Waals surface area contributed by atoms with Gasteiger partial charge in [0, 0.05) is 18.4 Å². The summed E-state index contributed by atoms with van der Waals surface area (Å²) < 4.78 is 23.8. The fourth-order valence-corrected chi connectivity index (χ4v) is 2.45. The second kappa shape index (κ2) is 9.64. The van der Waals surface area contributed by atoms with Crippen LogP contribution in [0.15, 0.2) is 52.9 Å². The molecule has 1 heterocycles. The molecule has 2 N–H and O–H groups in total. The number of nitrogens with one attached hydrogen (secondary N) is 2. The number of hydrogen-bond acceptors (Lipinski definition) is 6. The minimum absolute atomic E-state index is 0.0447. The van der Waals surface area contributed by atoms with Gasteiger partial charge in [0.2, 0.25) is 17.7 Å². The Balaban J connectivity index is 1.42. The number of carbonyl (C=O) groups is 2. The first-order valence-corrected chi connectivity index (χ1v) is 9.31. The van der Waals surface area contributed by atoms with Gasteiger partial charge in [0.15, 0.2) is 6.10 Å². The van der Waals surface area contributed by atoms with Crippen LogP contribution in [-0.2, 0) is 16.0 Å². The van der Waals surface area contributed by atoms with E-state index in [0.717, 1.165) is 11.1 Å². The van der Waals surface area contributed by atoms with Gasteiger partial charge in [-0.25, -0.2) is 4.39 Å². The largest absolute Gasteiger partial charge is 0.481 e. The maximum atomic E-state index is 12.9. The number of hydrazine groups is 1. The van der Waals surface area contributed by atoms with E-state index in [1.807, 2.05) is 31.2 Å². The van der Waals surface area contributed by atoms with E-state index in [-0.39, 0.29) is 12.8 Å². The van der Waals surface area contributed by atoms with Crippen LogP contribution in [-0.4, -0.2) is 28.1 Å². The average molecular weight is 412 g/mol. The Hall–Kier alpha value is -3.75. The maximum Gasteiger partial charge on any atom is 0.279 e. The van der Waals surface area contributed by atoms with Crippen molar-refractivity contribution in [3.8, 4) is 17.2 Å². The van der Waals surface area contributed by atoms with Crippen LogP contribution in [0, 0.1) is 12.7 Å². The number of benzene rings is 2. The Labute approximate surface area is 172 Å². The zero-order chi connectivity index (χ0) is 21.5. The van der Waals surface area contributed by atoms with Crippen LogP contribution in [0.25, 0.3) is 11.5 Å². The zero-order valence-corrected chi connectivity index (χ0v) is 16.5. The molecular weight excluding hydrogens is 391 g/mol. The lowest BCUT2D eigenvalue weighted by atomic mass is 10.1. The molecule has 9 heteroatoms. The van der Waals surface area contributed by atoms with Crippen molar-refractivity contribution in [1.82, 2.24) is 21.0 Å².